The van der Waals surface area contributed by atoms with E-state index >= 15 is 0 Å². The summed E-state index contributed by atoms with van der Waals surface area (Å²) in [4.78, 5) is 16.1. The summed E-state index contributed by atoms with van der Waals surface area (Å²) in [6.45, 7) is 4.70. The van der Waals surface area contributed by atoms with Crippen molar-refractivity contribution >= 4 is 43.7 Å². The first-order valence-electron chi connectivity index (χ1n) is 6.31. The van der Waals surface area contributed by atoms with Crippen molar-refractivity contribution in [2.24, 2.45) is 0 Å². The number of hydrogen-bond acceptors (Lipinski definition) is 7. The minimum absolute atomic E-state index is 0.0260. The summed E-state index contributed by atoms with van der Waals surface area (Å²) in [6, 6.07) is 1.50. The van der Waals surface area contributed by atoms with Crippen molar-refractivity contribution in [1.29, 1.82) is 0 Å². The minimum Gasteiger partial charge on any atom is -0.302 e. The number of rotatable bonds is 5. The number of sulfonamides is 1. The molecule has 0 aromatic carbocycles. The fraction of sp³-hybridized carbons (Fsp3) is 0.333. The fourth-order valence-corrected chi connectivity index (χ4v) is 5.12. The number of thiophene rings is 1. The Bertz CT molecular complexity index is 794. The SMILES string of the molecule is CCN(O)S(=O)(=O)c1cc(-c2sc(NC(C)=O)nc2C)cs1. The van der Waals surface area contributed by atoms with E-state index < -0.39 is 10.0 Å². The molecule has 22 heavy (non-hydrogen) atoms. The highest BCUT2D eigenvalue weighted by atomic mass is 32.2. The van der Waals surface area contributed by atoms with Gasteiger partial charge in [0.05, 0.1) is 10.6 Å². The topological polar surface area (TPSA) is 99.6 Å². The number of aromatic nitrogens is 1. The Balaban J connectivity index is 2.37. The molecule has 7 nitrogen and oxygen atoms in total. The summed E-state index contributed by atoms with van der Waals surface area (Å²) >= 11 is 2.30. The Labute approximate surface area is 136 Å². The molecule has 0 fully saturated rings. The van der Waals surface area contributed by atoms with Crippen LogP contribution in [0.5, 0.6) is 0 Å². The predicted molar refractivity (Wildman–Crippen MR) is 85.8 cm³/mol. The van der Waals surface area contributed by atoms with Gasteiger partial charge in [-0.05, 0) is 19.9 Å². The number of hydrogen-bond donors (Lipinski definition) is 2. The van der Waals surface area contributed by atoms with Crippen LogP contribution >= 0.6 is 22.7 Å². The van der Waals surface area contributed by atoms with Gasteiger partial charge in [0.15, 0.2) is 5.13 Å². The first-order chi connectivity index (χ1) is 10.3. The van der Waals surface area contributed by atoms with E-state index in [4.69, 9.17) is 0 Å². The smallest absolute Gasteiger partial charge is 0.274 e. The summed E-state index contributed by atoms with van der Waals surface area (Å²) in [5.74, 6) is -0.215. The molecule has 2 heterocycles. The third-order valence-electron chi connectivity index (χ3n) is 2.72. The summed E-state index contributed by atoms with van der Waals surface area (Å²) in [7, 11) is -3.88. The van der Waals surface area contributed by atoms with Crippen molar-refractivity contribution in [1.82, 2.24) is 9.45 Å². The quantitative estimate of drug-likeness (QED) is 0.797. The fourth-order valence-electron chi connectivity index (χ4n) is 1.71. The first-order valence-corrected chi connectivity index (χ1v) is 9.45. The molecule has 0 atom stereocenters. The Morgan fingerprint density at radius 1 is 1.50 bits per heavy atom. The van der Waals surface area contributed by atoms with E-state index in [0.717, 1.165) is 16.2 Å². The zero-order valence-corrected chi connectivity index (χ0v) is 14.6. The molecule has 0 spiro atoms. The lowest BCUT2D eigenvalue weighted by atomic mass is 10.2. The third kappa shape index (κ3) is 3.36. The van der Waals surface area contributed by atoms with Crippen LogP contribution < -0.4 is 5.32 Å². The number of amides is 1. The average molecular weight is 361 g/mol. The lowest BCUT2D eigenvalue weighted by Crippen LogP contribution is -2.26. The Morgan fingerprint density at radius 2 is 2.18 bits per heavy atom. The van der Waals surface area contributed by atoms with Crippen molar-refractivity contribution in [3.63, 3.8) is 0 Å². The van der Waals surface area contributed by atoms with E-state index in [1.807, 2.05) is 0 Å². The van der Waals surface area contributed by atoms with Crippen molar-refractivity contribution in [3.8, 4) is 10.4 Å². The summed E-state index contributed by atoms with van der Waals surface area (Å²) in [6.07, 6.45) is 0. The van der Waals surface area contributed by atoms with Gasteiger partial charge in [-0.3, -0.25) is 10.0 Å². The molecule has 0 saturated carbocycles. The maximum atomic E-state index is 12.1. The van der Waals surface area contributed by atoms with Crippen LogP contribution in [0.15, 0.2) is 15.7 Å². The number of aryl methyl sites for hydroxylation is 1. The molecule has 120 valence electrons. The maximum Gasteiger partial charge on any atom is 0.274 e. The molecule has 0 aliphatic heterocycles. The first kappa shape index (κ1) is 17.0. The molecule has 10 heteroatoms. The maximum absolute atomic E-state index is 12.1. The van der Waals surface area contributed by atoms with E-state index in [2.05, 4.69) is 10.3 Å². The molecule has 0 aliphatic rings. The third-order valence-corrected chi connectivity index (χ3v) is 6.92. The number of nitrogens with one attached hydrogen (secondary N) is 1. The molecular weight excluding hydrogens is 346 g/mol. The summed E-state index contributed by atoms with van der Waals surface area (Å²) in [5.41, 5.74) is 1.39. The van der Waals surface area contributed by atoms with Gasteiger partial charge < -0.3 is 5.32 Å². The van der Waals surface area contributed by atoms with E-state index in [1.165, 1.54) is 24.3 Å². The molecular formula is C12H15N3O4S3. The van der Waals surface area contributed by atoms with Gasteiger partial charge in [0.1, 0.15) is 4.21 Å². The predicted octanol–water partition coefficient (Wildman–Crippen LogP) is 2.54. The summed E-state index contributed by atoms with van der Waals surface area (Å²) in [5, 5.41) is 14.2. The highest BCUT2D eigenvalue weighted by Gasteiger charge is 2.24. The van der Waals surface area contributed by atoms with E-state index in [1.54, 1.807) is 19.2 Å². The second-order valence-electron chi connectivity index (χ2n) is 4.41. The van der Waals surface area contributed by atoms with E-state index in [0.29, 0.717) is 20.9 Å². The molecule has 2 rings (SSSR count). The zero-order chi connectivity index (χ0) is 16.5. The number of hydroxylamine groups is 1. The van der Waals surface area contributed by atoms with Crippen LogP contribution in [0, 0.1) is 6.92 Å². The van der Waals surface area contributed by atoms with Crippen LogP contribution in [0.1, 0.15) is 19.5 Å². The van der Waals surface area contributed by atoms with E-state index in [-0.39, 0.29) is 16.7 Å². The Kier molecular flexibility index (Phi) is 4.97. The van der Waals surface area contributed by atoms with Gasteiger partial charge in [-0.25, -0.2) is 13.4 Å². The zero-order valence-electron chi connectivity index (χ0n) is 12.2. The van der Waals surface area contributed by atoms with Gasteiger partial charge in [0.25, 0.3) is 10.0 Å². The Hall–Kier alpha value is -1.33. The van der Waals surface area contributed by atoms with Crippen molar-refractivity contribution in [2.75, 3.05) is 11.9 Å². The van der Waals surface area contributed by atoms with E-state index in [9.17, 15) is 18.4 Å². The van der Waals surface area contributed by atoms with Crippen molar-refractivity contribution < 1.29 is 18.4 Å². The second-order valence-corrected chi connectivity index (χ2v) is 8.39. The van der Waals surface area contributed by atoms with Crippen LogP contribution in [-0.4, -0.2) is 35.5 Å². The summed E-state index contributed by atoms with van der Waals surface area (Å²) < 4.78 is 24.5. The average Bonchev–Trinajstić information content (AvgIpc) is 3.04. The number of carbonyl (C=O) groups is 1. The molecule has 0 aliphatic carbocycles. The molecule has 0 radical (unpaired) electrons. The standard InChI is InChI=1S/C12H15N3O4S3/c1-4-15(17)22(18,19)10-5-9(6-20-10)11-7(2)13-12(21-11)14-8(3)16/h5-6,17H,4H2,1-3H3,(H,13,14,16). The normalized spacial score (nSPS) is 11.9. The van der Waals surface area contributed by atoms with Crippen LogP contribution in [0.2, 0.25) is 0 Å². The molecule has 2 aromatic heterocycles. The van der Waals surface area contributed by atoms with Crippen molar-refractivity contribution in [2.45, 2.75) is 25.0 Å². The highest BCUT2D eigenvalue weighted by Crippen LogP contribution is 2.36. The monoisotopic (exact) mass is 361 g/mol. The van der Waals surface area contributed by atoms with Gasteiger partial charge in [0.2, 0.25) is 5.91 Å². The van der Waals surface area contributed by atoms with Crippen LogP contribution in [0.4, 0.5) is 5.13 Å². The second kappa shape index (κ2) is 6.42. The molecule has 0 bridgehead atoms. The van der Waals surface area contributed by atoms with Crippen LogP contribution in [-0.2, 0) is 14.8 Å². The molecule has 0 saturated heterocycles. The minimum atomic E-state index is -3.88. The molecule has 2 aromatic rings. The lowest BCUT2D eigenvalue weighted by Gasteiger charge is -2.10. The van der Waals surface area contributed by atoms with Gasteiger partial charge >= 0.3 is 0 Å². The van der Waals surface area contributed by atoms with Crippen LogP contribution in [0.3, 0.4) is 0 Å². The molecule has 0 unspecified atom stereocenters. The number of thiazole rings is 1. The van der Waals surface area contributed by atoms with Gasteiger partial charge in [0, 0.05) is 24.4 Å². The van der Waals surface area contributed by atoms with Crippen molar-refractivity contribution in [3.05, 3.63) is 17.1 Å². The number of nitrogens with zero attached hydrogens (tertiary/aromatic N) is 2. The number of carbonyl (C=O) groups excluding carboxylic acids is 1. The largest absolute Gasteiger partial charge is 0.302 e. The Morgan fingerprint density at radius 3 is 2.77 bits per heavy atom. The van der Waals surface area contributed by atoms with Gasteiger partial charge in [-0.15, -0.1) is 11.3 Å². The highest BCUT2D eigenvalue weighted by molar-refractivity contribution is 7.91. The van der Waals surface area contributed by atoms with Crippen LogP contribution in [0.25, 0.3) is 10.4 Å². The molecule has 2 N–H and O–H groups in total. The number of anilines is 1. The van der Waals surface area contributed by atoms with Gasteiger partial charge in [-0.1, -0.05) is 15.8 Å². The molecule has 1 amide bonds. The lowest BCUT2D eigenvalue weighted by molar-refractivity contribution is -0.114. The van der Waals surface area contributed by atoms with Gasteiger partial charge in [-0.2, -0.15) is 0 Å².